The van der Waals surface area contributed by atoms with E-state index in [1.165, 1.54) is 6.07 Å². The molecule has 0 aliphatic carbocycles. The predicted molar refractivity (Wildman–Crippen MR) is 62.7 cm³/mol. The van der Waals surface area contributed by atoms with E-state index in [0.29, 0.717) is 23.6 Å². The fraction of sp³-hybridized carbons (Fsp3) is 0.273. The van der Waals surface area contributed by atoms with Gasteiger partial charge in [-0.2, -0.15) is 0 Å². The fourth-order valence-corrected chi connectivity index (χ4v) is 1.51. The topological polar surface area (TPSA) is 111 Å². The van der Waals surface area contributed by atoms with Crippen molar-refractivity contribution in [2.45, 2.75) is 13.3 Å². The molecule has 0 bridgehead atoms. The van der Waals surface area contributed by atoms with Crippen LogP contribution in [0.2, 0.25) is 0 Å². The number of H-pyrrole nitrogens is 1. The van der Waals surface area contributed by atoms with E-state index in [0.717, 1.165) is 0 Å². The molecule has 0 aliphatic rings. The molecule has 0 radical (unpaired) electrons. The highest BCUT2D eigenvalue weighted by Crippen LogP contribution is 2.10. The number of imidazole rings is 1. The molecule has 2 heterocycles. The van der Waals surface area contributed by atoms with Gasteiger partial charge in [-0.05, 0) is 19.1 Å². The maximum Gasteiger partial charge on any atom is 0.313 e. The van der Waals surface area contributed by atoms with Gasteiger partial charge in [-0.3, -0.25) is 9.59 Å². The molecular formula is C11H12N4O3. The summed E-state index contributed by atoms with van der Waals surface area (Å²) in [5.74, 6) is -0.545. The smallest absolute Gasteiger partial charge is 0.313 e. The standard InChI is InChI=1S/C11H12N4O3/c1-2-18-9(16)5-8-13-7-4-3-6(10(12)17)14-11(7)15-8/h3-4H,2,5H2,1H3,(H2,12,17)(H,13,14,15). The van der Waals surface area contributed by atoms with Crippen LogP contribution in [0.3, 0.4) is 0 Å². The number of fused-ring (bicyclic) bond motifs is 1. The Morgan fingerprint density at radius 2 is 2.17 bits per heavy atom. The summed E-state index contributed by atoms with van der Waals surface area (Å²) in [6.07, 6.45) is 0.0378. The van der Waals surface area contributed by atoms with Crippen LogP contribution in [-0.2, 0) is 16.0 Å². The number of rotatable bonds is 4. The molecule has 18 heavy (non-hydrogen) atoms. The Kier molecular flexibility index (Phi) is 3.22. The molecule has 0 saturated heterocycles. The first kappa shape index (κ1) is 12.0. The molecule has 2 aromatic heterocycles. The molecule has 0 fully saturated rings. The van der Waals surface area contributed by atoms with Gasteiger partial charge in [0.05, 0.1) is 12.1 Å². The van der Waals surface area contributed by atoms with Gasteiger partial charge in [-0.1, -0.05) is 0 Å². The van der Waals surface area contributed by atoms with E-state index in [4.69, 9.17) is 10.5 Å². The molecule has 7 heteroatoms. The summed E-state index contributed by atoms with van der Waals surface area (Å²) in [6.45, 7) is 2.06. The van der Waals surface area contributed by atoms with E-state index in [1.807, 2.05) is 0 Å². The third-order valence-corrected chi connectivity index (χ3v) is 2.26. The first-order valence-corrected chi connectivity index (χ1v) is 5.41. The van der Waals surface area contributed by atoms with Crippen molar-refractivity contribution in [1.82, 2.24) is 15.0 Å². The first-order valence-electron chi connectivity index (χ1n) is 5.41. The Hall–Kier alpha value is -2.44. The van der Waals surface area contributed by atoms with Crippen molar-refractivity contribution in [3.8, 4) is 0 Å². The zero-order valence-corrected chi connectivity index (χ0v) is 9.77. The minimum atomic E-state index is -0.619. The maximum atomic E-state index is 11.3. The monoisotopic (exact) mass is 248 g/mol. The van der Waals surface area contributed by atoms with Gasteiger partial charge in [0, 0.05) is 0 Å². The molecule has 7 nitrogen and oxygen atoms in total. The Labute approximate surface area is 102 Å². The summed E-state index contributed by atoms with van der Waals surface area (Å²) >= 11 is 0. The number of primary amides is 1. The number of nitrogens with one attached hydrogen (secondary N) is 1. The largest absolute Gasteiger partial charge is 0.466 e. The molecule has 0 atom stereocenters. The quantitative estimate of drug-likeness (QED) is 0.749. The molecule has 0 spiro atoms. The van der Waals surface area contributed by atoms with Gasteiger partial charge in [-0.25, -0.2) is 9.97 Å². The normalized spacial score (nSPS) is 10.5. The van der Waals surface area contributed by atoms with Crippen molar-refractivity contribution in [3.05, 3.63) is 23.7 Å². The molecule has 0 aliphatic heterocycles. The second kappa shape index (κ2) is 4.82. The predicted octanol–water partition coefficient (Wildman–Crippen LogP) is 0.162. The number of esters is 1. The molecular weight excluding hydrogens is 236 g/mol. The Bertz CT molecular complexity index is 605. The number of nitrogens with zero attached hydrogens (tertiary/aromatic N) is 2. The van der Waals surface area contributed by atoms with Gasteiger partial charge < -0.3 is 15.5 Å². The van der Waals surface area contributed by atoms with Crippen LogP contribution in [0.1, 0.15) is 23.2 Å². The summed E-state index contributed by atoms with van der Waals surface area (Å²) in [4.78, 5) is 33.3. The van der Waals surface area contributed by atoms with Crippen molar-refractivity contribution in [1.29, 1.82) is 0 Å². The number of hydrogen-bond donors (Lipinski definition) is 2. The van der Waals surface area contributed by atoms with E-state index in [-0.39, 0.29) is 18.1 Å². The van der Waals surface area contributed by atoms with E-state index < -0.39 is 5.91 Å². The Morgan fingerprint density at radius 3 is 2.83 bits per heavy atom. The summed E-state index contributed by atoms with van der Waals surface area (Å²) in [5, 5.41) is 0. The Morgan fingerprint density at radius 1 is 1.39 bits per heavy atom. The highest BCUT2D eigenvalue weighted by atomic mass is 16.5. The van der Waals surface area contributed by atoms with E-state index >= 15 is 0 Å². The lowest BCUT2D eigenvalue weighted by atomic mass is 10.3. The molecule has 1 amide bonds. The lowest BCUT2D eigenvalue weighted by molar-refractivity contribution is -0.142. The third kappa shape index (κ3) is 2.45. The molecule has 3 N–H and O–H groups in total. The van der Waals surface area contributed by atoms with Crippen LogP contribution >= 0.6 is 0 Å². The fourth-order valence-electron chi connectivity index (χ4n) is 1.51. The van der Waals surface area contributed by atoms with Crippen LogP contribution in [0.25, 0.3) is 11.2 Å². The van der Waals surface area contributed by atoms with E-state index in [9.17, 15) is 9.59 Å². The van der Waals surface area contributed by atoms with Gasteiger partial charge >= 0.3 is 5.97 Å². The highest BCUT2D eigenvalue weighted by Gasteiger charge is 2.11. The Balaban J connectivity index is 2.27. The number of amides is 1. The van der Waals surface area contributed by atoms with Gasteiger partial charge in [-0.15, -0.1) is 0 Å². The van der Waals surface area contributed by atoms with Crippen LogP contribution in [0.4, 0.5) is 0 Å². The van der Waals surface area contributed by atoms with Gasteiger partial charge in [0.25, 0.3) is 5.91 Å². The summed E-state index contributed by atoms with van der Waals surface area (Å²) in [5.41, 5.74) is 6.24. The summed E-state index contributed by atoms with van der Waals surface area (Å²) in [6, 6.07) is 3.14. The maximum absolute atomic E-state index is 11.3. The molecule has 2 aromatic rings. The van der Waals surface area contributed by atoms with Crippen molar-refractivity contribution in [3.63, 3.8) is 0 Å². The molecule has 0 aromatic carbocycles. The van der Waals surface area contributed by atoms with Crippen LogP contribution in [0.5, 0.6) is 0 Å². The highest BCUT2D eigenvalue weighted by molar-refractivity contribution is 5.92. The lowest BCUT2D eigenvalue weighted by Gasteiger charge is -1.97. The van der Waals surface area contributed by atoms with Gasteiger partial charge in [0.15, 0.2) is 5.65 Å². The summed E-state index contributed by atoms with van der Waals surface area (Å²) in [7, 11) is 0. The second-order valence-electron chi connectivity index (χ2n) is 3.60. The zero-order chi connectivity index (χ0) is 13.1. The van der Waals surface area contributed by atoms with Crippen molar-refractivity contribution >= 4 is 23.0 Å². The zero-order valence-electron chi connectivity index (χ0n) is 9.77. The third-order valence-electron chi connectivity index (χ3n) is 2.26. The second-order valence-corrected chi connectivity index (χ2v) is 3.60. The van der Waals surface area contributed by atoms with Crippen LogP contribution in [-0.4, -0.2) is 33.4 Å². The van der Waals surface area contributed by atoms with Crippen molar-refractivity contribution in [2.75, 3.05) is 6.61 Å². The minimum absolute atomic E-state index is 0.0378. The first-order chi connectivity index (χ1) is 8.60. The SMILES string of the molecule is CCOC(=O)Cc1nc2nc(C(N)=O)ccc2[nH]1. The van der Waals surface area contributed by atoms with E-state index in [2.05, 4.69) is 15.0 Å². The van der Waals surface area contributed by atoms with Crippen LogP contribution in [0.15, 0.2) is 12.1 Å². The van der Waals surface area contributed by atoms with Crippen LogP contribution in [0, 0.1) is 0 Å². The van der Waals surface area contributed by atoms with Crippen molar-refractivity contribution < 1.29 is 14.3 Å². The minimum Gasteiger partial charge on any atom is -0.466 e. The molecule has 0 saturated carbocycles. The average Bonchev–Trinajstić information content (AvgIpc) is 2.69. The summed E-state index contributed by atoms with van der Waals surface area (Å²) < 4.78 is 4.81. The molecule has 2 rings (SSSR count). The lowest BCUT2D eigenvalue weighted by Crippen LogP contribution is -2.12. The van der Waals surface area contributed by atoms with Gasteiger partial charge in [0.1, 0.15) is 17.9 Å². The van der Waals surface area contributed by atoms with Gasteiger partial charge in [0.2, 0.25) is 0 Å². The average molecular weight is 248 g/mol. The van der Waals surface area contributed by atoms with Crippen LogP contribution < -0.4 is 5.73 Å². The number of nitrogens with two attached hydrogens (primary N) is 1. The number of aromatic amines is 1. The number of carbonyl (C=O) groups is 2. The van der Waals surface area contributed by atoms with Crippen molar-refractivity contribution in [2.24, 2.45) is 5.73 Å². The number of carbonyl (C=O) groups excluding carboxylic acids is 2. The number of aromatic nitrogens is 3. The number of hydrogen-bond acceptors (Lipinski definition) is 5. The molecule has 94 valence electrons. The number of pyridine rings is 1. The number of ether oxygens (including phenoxy) is 1. The van der Waals surface area contributed by atoms with E-state index in [1.54, 1.807) is 13.0 Å². The molecule has 0 unspecified atom stereocenters.